The Hall–Kier alpha value is -2.87. The molecule has 0 aliphatic rings. The maximum atomic E-state index is 12.1. The van der Waals surface area contributed by atoms with Crippen LogP contribution >= 0.6 is 11.8 Å². The number of nitro benzene ring substituents is 1. The van der Waals surface area contributed by atoms with Crippen molar-refractivity contribution in [1.82, 2.24) is 10.9 Å². The van der Waals surface area contributed by atoms with Crippen LogP contribution in [0.4, 0.5) is 5.69 Å². The van der Waals surface area contributed by atoms with Gasteiger partial charge in [0.25, 0.3) is 17.5 Å². The van der Waals surface area contributed by atoms with Crippen molar-refractivity contribution in [2.45, 2.75) is 5.75 Å². The zero-order valence-electron chi connectivity index (χ0n) is 12.8. The van der Waals surface area contributed by atoms with Gasteiger partial charge in [-0.15, -0.1) is 0 Å². The number of rotatable bonds is 5. The third kappa shape index (κ3) is 4.56. The van der Waals surface area contributed by atoms with Crippen LogP contribution in [0.2, 0.25) is 0 Å². The van der Waals surface area contributed by atoms with Gasteiger partial charge in [-0.25, -0.2) is 0 Å². The van der Waals surface area contributed by atoms with E-state index in [1.807, 2.05) is 12.3 Å². The third-order valence-electron chi connectivity index (χ3n) is 3.11. The molecule has 0 unspecified atom stereocenters. The van der Waals surface area contributed by atoms with E-state index in [-0.39, 0.29) is 11.3 Å². The minimum atomic E-state index is -0.632. The Balaban J connectivity index is 2.01. The monoisotopic (exact) mass is 345 g/mol. The standard InChI is InChI=1S/C16H15N3O4S/c1-24-10-11-4-2-5-12(8-11)15(20)17-18-16(21)13-6-3-7-14(9-13)19(22)23/h2-9H,10H2,1H3,(H,17,20)(H,18,21). The van der Waals surface area contributed by atoms with Crippen LogP contribution in [-0.2, 0) is 5.75 Å². The maximum Gasteiger partial charge on any atom is 0.270 e. The summed E-state index contributed by atoms with van der Waals surface area (Å²) in [5.41, 5.74) is 5.85. The molecule has 2 aromatic rings. The third-order valence-corrected chi connectivity index (χ3v) is 3.73. The lowest BCUT2D eigenvalue weighted by molar-refractivity contribution is -0.384. The fourth-order valence-corrected chi connectivity index (χ4v) is 2.50. The molecule has 0 atom stereocenters. The quantitative estimate of drug-likeness (QED) is 0.640. The topological polar surface area (TPSA) is 101 Å². The Morgan fingerprint density at radius 1 is 1.04 bits per heavy atom. The van der Waals surface area contributed by atoms with Gasteiger partial charge in [0.2, 0.25) is 0 Å². The summed E-state index contributed by atoms with van der Waals surface area (Å²) in [6.07, 6.45) is 1.96. The Morgan fingerprint density at radius 2 is 1.62 bits per heavy atom. The molecule has 0 aliphatic carbocycles. The van der Waals surface area contributed by atoms with Gasteiger partial charge in [0.1, 0.15) is 0 Å². The molecule has 8 heteroatoms. The predicted molar refractivity (Wildman–Crippen MR) is 91.7 cm³/mol. The van der Waals surface area contributed by atoms with Crippen molar-refractivity contribution >= 4 is 29.3 Å². The smallest absolute Gasteiger partial charge is 0.267 e. The van der Waals surface area contributed by atoms with E-state index in [4.69, 9.17) is 0 Å². The average molecular weight is 345 g/mol. The number of carbonyl (C=O) groups is 2. The van der Waals surface area contributed by atoms with Crippen LogP contribution in [0.1, 0.15) is 26.3 Å². The van der Waals surface area contributed by atoms with Gasteiger partial charge in [-0.1, -0.05) is 18.2 Å². The lowest BCUT2D eigenvalue weighted by Gasteiger charge is -2.08. The number of hydrogen-bond donors (Lipinski definition) is 2. The number of hydrazine groups is 1. The summed E-state index contributed by atoms with van der Waals surface area (Å²) in [5.74, 6) is -0.315. The molecule has 0 bridgehead atoms. The van der Waals surface area contributed by atoms with Crippen LogP contribution < -0.4 is 10.9 Å². The molecule has 2 amide bonds. The van der Waals surface area contributed by atoms with Crippen molar-refractivity contribution in [3.63, 3.8) is 0 Å². The van der Waals surface area contributed by atoms with E-state index < -0.39 is 16.7 Å². The van der Waals surface area contributed by atoms with E-state index >= 15 is 0 Å². The predicted octanol–water partition coefficient (Wildman–Crippen LogP) is 2.53. The van der Waals surface area contributed by atoms with Gasteiger partial charge in [-0.05, 0) is 30.0 Å². The molecule has 0 spiro atoms. The van der Waals surface area contributed by atoms with Crippen molar-refractivity contribution in [1.29, 1.82) is 0 Å². The number of nitro groups is 1. The van der Waals surface area contributed by atoms with Crippen molar-refractivity contribution in [2.24, 2.45) is 0 Å². The lowest BCUT2D eigenvalue weighted by atomic mass is 10.1. The Morgan fingerprint density at radius 3 is 2.21 bits per heavy atom. The Labute approximate surface area is 142 Å². The van der Waals surface area contributed by atoms with Crippen LogP contribution in [0, 0.1) is 10.1 Å². The molecule has 24 heavy (non-hydrogen) atoms. The number of nitrogens with zero attached hydrogens (tertiary/aromatic N) is 1. The minimum Gasteiger partial charge on any atom is -0.267 e. The summed E-state index contributed by atoms with van der Waals surface area (Å²) in [4.78, 5) is 34.2. The number of amides is 2. The molecule has 0 fully saturated rings. The van der Waals surface area contributed by atoms with E-state index in [1.165, 1.54) is 18.2 Å². The minimum absolute atomic E-state index is 0.0839. The first-order valence-corrected chi connectivity index (χ1v) is 8.33. The average Bonchev–Trinajstić information content (AvgIpc) is 2.60. The molecule has 7 nitrogen and oxygen atoms in total. The molecular formula is C16H15N3O4S. The highest BCUT2D eigenvalue weighted by molar-refractivity contribution is 7.97. The molecule has 0 saturated carbocycles. The summed E-state index contributed by atoms with van der Waals surface area (Å²) < 4.78 is 0. The summed E-state index contributed by atoms with van der Waals surface area (Å²) in [6.45, 7) is 0. The second-order valence-electron chi connectivity index (χ2n) is 4.85. The first kappa shape index (κ1) is 17.5. The molecular weight excluding hydrogens is 330 g/mol. The molecule has 0 saturated heterocycles. The van der Waals surface area contributed by atoms with Gasteiger partial charge in [-0.3, -0.25) is 30.6 Å². The number of thioether (sulfide) groups is 1. The van der Waals surface area contributed by atoms with E-state index in [9.17, 15) is 19.7 Å². The summed E-state index contributed by atoms with van der Waals surface area (Å²) in [7, 11) is 0. The van der Waals surface area contributed by atoms with Crippen molar-refractivity contribution in [2.75, 3.05) is 6.26 Å². The van der Waals surface area contributed by atoms with Gasteiger partial charge in [0, 0.05) is 29.0 Å². The molecule has 2 N–H and O–H groups in total. The first-order chi connectivity index (χ1) is 11.5. The number of carbonyl (C=O) groups excluding carboxylic acids is 2. The van der Waals surface area contributed by atoms with E-state index in [1.54, 1.807) is 30.0 Å². The SMILES string of the molecule is CSCc1cccc(C(=O)NNC(=O)c2cccc([N+](=O)[O-])c2)c1. The molecule has 0 radical (unpaired) electrons. The second kappa shape index (κ2) is 8.11. The molecule has 0 aliphatic heterocycles. The van der Waals surface area contributed by atoms with Crippen LogP contribution in [0.25, 0.3) is 0 Å². The zero-order chi connectivity index (χ0) is 17.5. The zero-order valence-corrected chi connectivity index (χ0v) is 13.6. The number of nitrogens with one attached hydrogen (secondary N) is 2. The van der Waals surface area contributed by atoms with Crippen molar-refractivity contribution in [3.05, 3.63) is 75.3 Å². The van der Waals surface area contributed by atoms with Crippen molar-refractivity contribution in [3.8, 4) is 0 Å². The highest BCUT2D eigenvalue weighted by atomic mass is 32.2. The Kier molecular flexibility index (Phi) is 5.91. The van der Waals surface area contributed by atoms with E-state index in [2.05, 4.69) is 10.9 Å². The molecule has 2 rings (SSSR count). The molecule has 0 heterocycles. The second-order valence-corrected chi connectivity index (χ2v) is 5.72. The number of benzene rings is 2. The number of non-ortho nitro benzene ring substituents is 1. The van der Waals surface area contributed by atoms with Crippen LogP contribution in [0.5, 0.6) is 0 Å². The summed E-state index contributed by atoms with van der Waals surface area (Å²) in [6, 6.07) is 12.3. The van der Waals surface area contributed by atoms with Gasteiger partial charge in [0.15, 0.2) is 0 Å². The van der Waals surface area contributed by atoms with E-state index in [0.29, 0.717) is 5.56 Å². The van der Waals surface area contributed by atoms with Crippen LogP contribution in [0.3, 0.4) is 0 Å². The molecule has 124 valence electrons. The summed E-state index contributed by atoms with van der Waals surface area (Å²) >= 11 is 1.64. The van der Waals surface area contributed by atoms with Crippen molar-refractivity contribution < 1.29 is 14.5 Å². The van der Waals surface area contributed by atoms with E-state index in [0.717, 1.165) is 17.4 Å². The van der Waals surface area contributed by atoms with Gasteiger partial charge in [0.05, 0.1) is 4.92 Å². The highest BCUT2D eigenvalue weighted by Gasteiger charge is 2.13. The highest BCUT2D eigenvalue weighted by Crippen LogP contribution is 2.13. The fraction of sp³-hybridized carbons (Fsp3) is 0.125. The lowest BCUT2D eigenvalue weighted by Crippen LogP contribution is -2.41. The fourth-order valence-electron chi connectivity index (χ4n) is 1.99. The summed E-state index contributed by atoms with van der Waals surface area (Å²) in [5, 5.41) is 10.7. The maximum absolute atomic E-state index is 12.1. The molecule has 2 aromatic carbocycles. The van der Waals surface area contributed by atoms with Crippen LogP contribution in [0.15, 0.2) is 48.5 Å². The largest absolute Gasteiger partial charge is 0.270 e. The molecule has 0 aromatic heterocycles. The first-order valence-electron chi connectivity index (χ1n) is 6.94. The van der Waals surface area contributed by atoms with Gasteiger partial charge >= 0.3 is 0 Å². The van der Waals surface area contributed by atoms with Crippen LogP contribution in [-0.4, -0.2) is 23.0 Å². The number of hydrogen-bond acceptors (Lipinski definition) is 5. The van der Waals surface area contributed by atoms with Gasteiger partial charge in [-0.2, -0.15) is 11.8 Å². The van der Waals surface area contributed by atoms with Gasteiger partial charge < -0.3 is 0 Å². The Bertz CT molecular complexity index is 779. The normalized spacial score (nSPS) is 10.0.